The van der Waals surface area contributed by atoms with Crippen LogP contribution in [-0.2, 0) is 13.0 Å². The normalized spacial score (nSPS) is 25.0. The Kier molecular flexibility index (Phi) is 8.45. The van der Waals surface area contributed by atoms with Crippen LogP contribution in [0.25, 0.3) is 0 Å². The third kappa shape index (κ3) is 5.56. The third-order valence-corrected chi connectivity index (χ3v) is 5.66. The molecule has 142 valence electrons. The van der Waals surface area contributed by atoms with Gasteiger partial charge in [-0.05, 0) is 50.4 Å². The van der Waals surface area contributed by atoms with Gasteiger partial charge in [-0.1, -0.05) is 13.3 Å². The lowest BCUT2D eigenvalue weighted by atomic mass is 9.86. The van der Waals surface area contributed by atoms with Gasteiger partial charge in [-0.25, -0.2) is 0 Å². The number of aromatic nitrogens is 3. The van der Waals surface area contributed by atoms with Crippen LogP contribution in [-0.4, -0.2) is 40.4 Å². The van der Waals surface area contributed by atoms with Gasteiger partial charge in [0, 0.05) is 32.6 Å². The first-order valence-electron chi connectivity index (χ1n) is 9.69. The zero-order chi connectivity index (χ0) is 16.8. The number of aryl methyl sites for hydroxylation is 1. The molecule has 0 radical (unpaired) electrons. The summed E-state index contributed by atoms with van der Waals surface area (Å²) in [6.45, 7) is 7.76. The lowest BCUT2D eigenvalue weighted by molar-refractivity contribution is 0.318. The fourth-order valence-corrected chi connectivity index (χ4v) is 4.45. The number of nitrogens with one attached hydrogen (secondary N) is 2. The van der Waals surface area contributed by atoms with E-state index < -0.39 is 0 Å². The van der Waals surface area contributed by atoms with Crippen molar-refractivity contribution in [1.82, 2.24) is 25.4 Å². The second-order valence-corrected chi connectivity index (χ2v) is 7.21. The Hall–Kier alpha value is -0.860. The summed E-state index contributed by atoms with van der Waals surface area (Å²) < 4.78 is 2.10. The summed E-state index contributed by atoms with van der Waals surface area (Å²) in [7, 11) is 0. The Balaban J connectivity index is 0.00000225. The molecule has 1 aromatic rings. The summed E-state index contributed by atoms with van der Waals surface area (Å²) in [5.41, 5.74) is 0. The van der Waals surface area contributed by atoms with Crippen molar-refractivity contribution in [3.63, 3.8) is 0 Å². The molecule has 25 heavy (non-hydrogen) atoms. The summed E-state index contributed by atoms with van der Waals surface area (Å²) in [5, 5.41) is 14.9. The van der Waals surface area contributed by atoms with Crippen molar-refractivity contribution in [2.24, 2.45) is 22.7 Å². The van der Waals surface area contributed by atoms with E-state index in [2.05, 4.69) is 39.2 Å². The Bertz CT molecular complexity index is 543. The fourth-order valence-electron chi connectivity index (χ4n) is 4.45. The Morgan fingerprint density at radius 2 is 2.16 bits per heavy atom. The van der Waals surface area contributed by atoms with Gasteiger partial charge in [0.05, 0.1) is 0 Å². The molecule has 3 atom stereocenters. The van der Waals surface area contributed by atoms with E-state index in [-0.39, 0.29) is 24.0 Å². The zero-order valence-electron chi connectivity index (χ0n) is 15.6. The van der Waals surface area contributed by atoms with E-state index >= 15 is 0 Å². The van der Waals surface area contributed by atoms with Crippen LogP contribution in [0.15, 0.2) is 11.3 Å². The molecule has 0 saturated heterocycles. The monoisotopic (exact) mass is 460 g/mol. The molecule has 6 nitrogen and oxygen atoms in total. The van der Waals surface area contributed by atoms with Crippen molar-refractivity contribution < 1.29 is 0 Å². The number of halogens is 1. The van der Waals surface area contributed by atoms with E-state index in [1.807, 2.05) is 0 Å². The van der Waals surface area contributed by atoms with Crippen LogP contribution in [0.3, 0.4) is 0 Å². The van der Waals surface area contributed by atoms with E-state index in [4.69, 9.17) is 4.99 Å². The SMILES string of the molecule is CCNC(=NCCC1CC2CCC1C2)NCCn1cnnc1CC.I. The molecule has 2 bridgehead atoms. The van der Waals surface area contributed by atoms with Gasteiger partial charge in [-0.3, -0.25) is 4.99 Å². The first-order chi connectivity index (χ1) is 11.8. The molecular formula is C18H33IN6. The van der Waals surface area contributed by atoms with E-state index in [0.29, 0.717) is 0 Å². The average Bonchev–Trinajstić information content (AvgIpc) is 3.31. The van der Waals surface area contributed by atoms with Gasteiger partial charge in [0.2, 0.25) is 0 Å². The highest BCUT2D eigenvalue weighted by Crippen LogP contribution is 2.49. The number of hydrogen-bond donors (Lipinski definition) is 2. The van der Waals surface area contributed by atoms with Crippen LogP contribution in [0.4, 0.5) is 0 Å². The highest BCUT2D eigenvalue weighted by molar-refractivity contribution is 14.0. The van der Waals surface area contributed by atoms with E-state index in [1.54, 1.807) is 6.33 Å². The lowest BCUT2D eigenvalue weighted by Crippen LogP contribution is -2.39. The predicted molar refractivity (Wildman–Crippen MR) is 112 cm³/mol. The van der Waals surface area contributed by atoms with Crippen molar-refractivity contribution in [2.45, 2.75) is 58.9 Å². The van der Waals surface area contributed by atoms with Crippen molar-refractivity contribution >= 4 is 29.9 Å². The van der Waals surface area contributed by atoms with Crippen LogP contribution in [0, 0.1) is 17.8 Å². The molecule has 0 spiro atoms. The average molecular weight is 460 g/mol. The van der Waals surface area contributed by atoms with Crippen LogP contribution in [0.5, 0.6) is 0 Å². The molecule has 2 fully saturated rings. The molecule has 0 aliphatic heterocycles. The maximum Gasteiger partial charge on any atom is 0.191 e. The number of rotatable bonds is 8. The second-order valence-electron chi connectivity index (χ2n) is 7.21. The molecule has 1 heterocycles. The van der Waals surface area contributed by atoms with Crippen LogP contribution < -0.4 is 10.6 Å². The predicted octanol–water partition coefficient (Wildman–Crippen LogP) is 2.84. The standard InChI is InChI=1S/C18H32N6.HI/c1-3-17-23-22-13-24(17)10-9-21-18(19-4-2)20-8-7-16-12-14-5-6-15(16)11-14;/h13-16H,3-12H2,1-2H3,(H2,19,20,21);1H. The summed E-state index contributed by atoms with van der Waals surface area (Å²) >= 11 is 0. The maximum atomic E-state index is 4.78. The quantitative estimate of drug-likeness (QED) is 0.356. The Morgan fingerprint density at radius 3 is 2.84 bits per heavy atom. The molecule has 0 amide bonds. The smallest absolute Gasteiger partial charge is 0.191 e. The Morgan fingerprint density at radius 1 is 1.28 bits per heavy atom. The molecule has 1 aromatic heterocycles. The molecule has 0 aromatic carbocycles. The van der Waals surface area contributed by atoms with Crippen molar-refractivity contribution in [3.8, 4) is 0 Å². The largest absolute Gasteiger partial charge is 0.357 e. The third-order valence-electron chi connectivity index (χ3n) is 5.66. The molecule has 2 aliphatic rings. The van der Waals surface area contributed by atoms with Crippen LogP contribution >= 0.6 is 24.0 Å². The highest BCUT2D eigenvalue weighted by Gasteiger charge is 2.38. The fraction of sp³-hybridized carbons (Fsp3) is 0.833. The van der Waals surface area contributed by atoms with Gasteiger partial charge in [0.1, 0.15) is 12.2 Å². The molecule has 3 unspecified atom stereocenters. The molecule has 7 heteroatoms. The number of aliphatic imine (C=N–C) groups is 1. The number of nitrogens with zero attached hydrogens (tertiary/aromatic N) is 4. The zero-order valence-corrected chi connectivity index (χ0v) is 17.9. The first kappa shape index (κ1) is 20.5. The minimum absolute atomic E-state index is 0. The van der Waals surface area contributed by atoms with Crippen LogP contribution in [0.2, 0.25) is 0 Å². The molecule has 2 saturated carbocycles. The van der Waals surface area contributed by atoms with Gasteiger partial charge in [0.15, 0.2) is 5.96 Å². The molecular weight excluding hydrogens is 427 g/mol. The summed E-state index contributed by atoms with van der Waals surface area (Å²) in [6.07, 6.45) is 9.87. The van der Waals surface area contributed by atoms with Crippen molar-refractivity contribution in [2.75, 3.05) is 19.6 Å². The Labute approximate surface area is 168 Å². The minimum Gasteiger partial charge on any atom is -0.357 e. The second kappa shape index (κ2) is 10.3. The lowest BCUT2D eigenvalue weighted by Gasteiger charge is -2.20. The van der Waals surface area contributed by atoms with Gasteiger partial charge in [0.25, 0.3) is 0 Å². The van der Waals surface area contributed by atoms with E-state index in [1.165, 1.54) is 32.1 Å². The summed E-state index contributed by atoms with van der Waals surface area (Å²) in [5.74, 6) is 4.94. The van der Waals surface area contributed by atoms with E-state index in [0.717, 1.165) is 62.1 Å². The van der Waals surface area contributed by atoms with Gasteiger partial charge in [-0.2, -0.15) is 0 Å². The first-order valence-corrected chi connectivity index (χ1v) is 9.69. The summed E-state index contributed by atoms with van der Waals surface area (Å²) in [4.78, 5) is 4.78. The molecule has 3 rings (SSSR count). The van der Waals surface area contributed by atoms with E-state index in [9.17, 15) is 0 Å². The maximum absolute atomic E-state index is 4.78. The van der Waals surface area contributed by atoms with Gasteiger partial charge < -0.3 is 15.2 Å². The minimum atomic E-state index is 0. The van der Waals surface area contributed by atoms with Crippen molar-refractivity contribution in [1.29, 1.82) is 0 Å². The number of fused-ring (bicyclic) bond motifs is 2. The van der Waals surface area contributed by atoms with Gasteiger partial charge in [-0.15, -0.1) is 34.2 Å². The highest BCUT2D eigenvalue weighted by atomic mass is 127. The molecule has 2 aliphatic carbocycles. The summed E-state index contributed by atoms with van der Waals surface area (Å²) in [6, 6.07) is 0. The van der Waals surface area contributed by atoms with Gasteiger partial charge >= 0.3 is 0 Å². The topological polar surface area (TPSA) is 67.1 Å². The van der Waals surface area contributed by atoms with Crippen molar-refractivity contribution in [3.05, 3.63) is 12.2 Å². The van der Waals surface area contributed by atoms with Crippen LogP contribution in [0.1, 0.15) is 51.8 Å². The number of guanidine groups is 1. The number of hydrogen-bond acceptors (Lipinski definition) is 3. The molecule has 2 N–H and O–H groups in total.